The Labute approximate surface area is 122 Å². The first-order valence-electron chi connectivity index (χ1n) is 6.15. The molecule has 2 N–H and O–H groups in total. The highest BCUT2D eigenvalue weighted by atomic mass is 32.2. The van der Waals surface area contributed by atoms with Crippen molar-refractivity contribution in [2.45, 2.75) is 25.0 Å². The number of methoxy groups -OCH3 is 1. The van der Waals surface area contributed by atoms with Gasteiger partial charge in [0, 0.05) is 5.56 Å². The number of rotatable bonds is 6. The van der Waals surface area contributed by atoms with E-state index in [9.17, 15) is 13.5 Å². The van der Waals surface area contributed by atoms with Crippen LogP contribution in [-0.4, -0.2) is 25.6 Å². The molecule has 0 radical (unpaired) electrons. The lowest BCUT2D eigenvalue weighted by atomic mass is 10.2. The normalized spacial score (nSPS) is 11.6. The molecule has 21 heavy (non-hydrogen) atoms. The SMILES string of the molecule is COc1ccc(S(=O)(=O)NCc2ncc(C)o2)cc1CO. The minimum atomic E-state index is -3.72. The van der Waals surface area contributed by atoms with E-state index in [0.717, 1.165) is 0 Å². The number of aryl methyl sites for hydroxylation is 1. The van der Waals surface area contributed by atoms with Crippen molar-refractivity contribution < 1.29 is 22.7 Å². The second kappa shape index (κ2) is 6.25. The second-order valence-corrected chi connectivity index (χ2v) is 6.09. The Morgan fingerprint density at radius 1 is 1.43 bits per heavy atom. The molecule has 0 amide bonds. The van der Waals surface area contributed by atoms with Crippen LogP contribution in [0.15, 0.2) is 33.7 Å². The molecule has 1 heterocycles. The van der Waals surface area contributed by atoms with E-state index >= 15 is 0 Å². The van der Waals surface area contributed by atoms with Crippen LogP contribution in [0.1, 0.15) is 17.2 Å². The summed E-state index contributed by atoms with van der Waals surface area (Å²) in [7, 11) is -2.27. The van der Waals surface area contributed by atoms with E-state index in [1.54, 1.807) is 6.92 Å². The van der Waals surface area contributed by atoms with Crippen LogP contribution in [0.3, 0.4) is 0 Å². The summed E-state index contributed by atoms with van der Waals surface area (Å²) in [6, 6.07) is 4.26. The first kappa shape index (κ1) is 15.5. The lowest BCUT2D eigenvalue weighted by Gasteiger charge is -2.09. The fraction of sp³-hybridized carbons (Fsp3) is 0.308. The van der Waals surface area contributed by atoms with Crippen molar-refractivity contribution >= 4 is 10.0 Å². The Morgan fingerprint density at radius 2 is 2.19 bits per heavy atom. The number of hydrogen-bond acceptors (Lipinski definition) is 6. The number of sulfonamides is 1. The summed E-state index contributed by atoms with van der Waals surface area (Å²) in [5.74, 6) is 1.32. The van der Waals surface area contributed by atoms with Crippen molar-refractivity contribution in [2.24, 2.45) is 0 Å². The van der Waals surface area contributed by atoms with Gasteiger partial charge >= 0.3 is 0 Å². The highest BCUT2D eigenvalue weighted by molar-refractivity contribution is 7.89. The molecular weight excluding hydrogens is 296 g/mol. The molecule has 0 saturated carbocycles. The molecule has 0 aliphatic heterocycles. The minimum Gasteiger partial charge on any atom is -0.496 e. The lowest BCUT2D eigenvalue weighted by molar-refractivity contribution is 0.273. The van der Waals surface area contributed by atoms with Crippen LogP contribution in [-0.2, 0) is 23.2 Å². The van der Waals surface area contributed by atoms with Gasteiger partial charge in [-0.15, -0.1) is 0 Å². The Morgan fingerprint density at radius 3 is 2.76 bits per heavy atom. The summed E-state index contributed by atoms with van der Waals surface area (Å²) >= 11 is 0. The van der Waals surface area contributed by atoms with Gasteiger partial charge in [-0.1, -0.05) is 0 Å². The van der Waals surface area contributed by atoms with Crippen molar-refractivity contribution in [3.63, 3.8) is 0 Å². The number of oxazole rings is 1. The van der Waals surface area contributed by atoms with Gasteiger partial charge in [-0.2, -0.15) is 0 Å². The third-order valence-electron chi connectivity index (χ3n) is 2.82. The van der Waals surface area contributed by atoms with Gasteiger partial charge in [0.25, 0.3) is 0 Å². The molecule has 0 fully saturated rings. The minimum absolute atomic E-state index is 0.0376. The zero-order valence-electron chi connectivity index (χ0n) is 11.7. The van der Waals surface area contributed by atoms with Crippen LogP contribution in [0.5, 0.6) is 5.75 Å². The smallest absolute Gasteiger partial charge is 0.241 e. The molecule has 1 aromatic heterocycles. The molecule has 1 aromatic carbocycles. The average Bonchev–Trinajstić information content (AvgIpc) is 2.90. The van der Waals surface area contributed by atoms with Crippen molar-refractivity contribution in [2.75, 3.05) is 7.11 Å². The van der Waals surface area contributed by atoms with E-state index in [4.69, 9.17) is 9.15 Å². The fourth-order valence-corrected chi connectivity index (χ4v) is 2.79. The molecule has 0 atom stereocenters. The maximum Gasteiger partial charge on any atom is 0.241 e. The maximum absolute atomic E-state index is 12.2. The number of aliphatic hydroxyl groups excluding tert-OH is 1. The number of nitrogens with zero attached hydrogens (tertiary/aromatic N) is 1. The largest absolute Gasteiger partial charge is 0.496 e. The summed E-state index contributed by atoms with van der Waals surface area (Å²) in [5, 5.41) is 9.23. The number of hydrogen-bond donors (Lipinski definition) is 2. The summed E-state index contributed by atoms with van der Waals surface area (Å²) in [6.07, 6.45) is 1.51. The Balaban J connectivity index is 2.19. The van der Waals surface area contributed by atoms with E-state index in [-0.39, 0.29) is 23.9 Å². The van der Waals surface area contributed by atoms with Crippen molar-refractivity contribution in [1.29, 1.82) is 0 Å². The highest BCUT2D eigenvalue weighted by Crippen LogP contribution is 2.22. The number of aliphatic hydroxyl groups is 1. The number of benzene rings is 1. The summed E-state index contributed by atoms with van der Waals surface area (Å²) in [5.41, 5.74) is 0.396. The quantitative estimate of drug-likeness (QED) is 0.824. The van der Waals surface area contributed by atoms with Crippen LogP contribution in [0, 0.1) is 6.92 Å². The summed E-state index contributed by atoms with van der Waals surface area (Å²) < 4.78 is 37.0. The molecular formula is C13H16N2O5S. The Bertz CT molecular complexity index is 724. The molecule has 7 nitrogen and oxygen atoms in total. The van der Waals surface area contributed by atoms with Gasteiger partial charge in [-0.25, -0.2) is 18.1 Å². The monoisotopic (exact) mass is 312 g/mol. The molecule has 0 aliphatic rings. The molecule has 2 rings (SSSR count). The van der Waals surface area contributed by atoms with Gasteiger partial charge in [0.2, 0.25) is 15.9 Å². The summed E-state index contributed by atoms with van der Waals surface area (Å²) in [6.45, 7) is 1.37. The molecule has 0 unspecified atom stereocenters. The number of nitrogens with one attached hydrogen (secondary N) is 1. The Kier molecular flexibility index (Phi) is 4.61. The zero-order valence-corrected chi connectivity index (χ0v) is 12.5. The maximum atomic E-state index is 12.2. The molecule has 2 aromatic rings. The van der Waals surface area contributed by atoms with Gasteiger partial charge in [-0.3, -0.25) is 0 Å². The molecule has 0 aliphatic carbocycles. The van der Waals surface area contributed by atoms with Crippen molar-refractivity contribution in [3.05, 3.63) is 41.6 Å². The van der Waals surface area contributed by atoms with Gasteiger partial charge in [0.15, 0.2) is 0 Å². The molecule has 0 bridgehead atoms. The first-order valence-corrected chi connectivity index (χ1v) is 7.63. The predicted octanol–water partition coefficient (Wildman–Crippen LogP) is 0.962. The van der Waals surface area contributed by atoms with Gasteiger partial charge in [0.1, 0.15) is 11.5 Å². The molecule has 0 spiro atoms. The topological polar surface area (TPSA) is 102 Å². The van der Waals surface area contributed by atoms with E-state index in [0.29, 0.717) is 17.1 Å². The number of aromatic nitrogens is 1. The first-order chi connectivity index (χ1) is 9.96. The van der Waals surface area contributed by atoms with Crippen LogP contribution < -0.4 is 9.46 Å². The van der Waals surface area contributed by atoms with E-state index < -0.39 is 10.0 Å². The van der Waals surface area contributed by atoms with Gasteiger partial charge < -0.3 is 14.3 Å². The molecule has 8 heteroatoms. The number of ether oxygens (including phenoxy) is 1. The predicted molar refractivity (Wildman–Crippen MR) is 74.2 cm³/mol. The van der Waals surface area contributed by atoms with E-state index in [1.165, 1.54) is 31.5 Å². The van der Waals surface area contributed by atoms with Crippen molar-refractivity contribution in [1.82, 2.24) is 9.71 Å². The van der Waals surface area contributed by atoms with Gasteiger partial charge in [0.05, 0.1) is 31.4 Å². The van der Waals surface area contributed by atoms with E-state index in [2.05, 4.69) is 9.71 Å². The van der Waals surface area contributed by atoms with Crippen molar-refractivity contribution in [3.8, 4) is 5.75 Å². The van der Waals surface area contributed by atoms with Crippen LogP contribution in [0.4, 0.5) is 0 Å². The lowest BCUT2D eigenvalue weighted by Crippen LogP contribution is -2.23. The van der Waals surface area contributed by atoms with Gasteiger partial charge in [-0.05, 0) is 25.1 Å². The zero-order chi connectivity index (χ0) is 15.5. The fourth-order valence-electron chi connectivity index (χ4n) is 1.77. The standard InChI is InChI=1S/C13H16N2O5S/c1-9-6-14-13(20-9)7-15-21(17,18)11-3-4-12(19-2)10(5-11)8-16/h3-6,15-16H,7-8H2,1-2H3. The van der Waals surface area contributed by atoms with Crippen LogP contribution in [0.25, 0.3) is 0 Å². The molecule has 0 saturated heterocycles. The molecule has 114 valence electrons. The summed E-state index contributed by atoms with van der Waals surface area (Å²) in [4.78, 5) is 3.96. The van der Waals surface area contributed by atoms with E-state index in [1.807, 2.05) is 0 Å². The second-order valence-electron chi connectivity index (χ2n) is 4.32. The average molecular weight is 312 g/mol. The third-order valence-corrected chi connectivity index (χ3v) is 4.21. The Hall–Kier alpha value is -1.90. The highest BCUT2D eigenvalue weighted by Gasteiger charge is 2.17. The van der Waals surface area contributed by atoms with Crippen LogP contribution in [0.2, 0.25) is 0 Å². The van der Waals surface area contributed by atoms with Crippen LogP contribution >= 0.6 is 0 Å². The third kappa shape index (κ3) is 3.60.